The zero-order chi connectivity index (χ0) is 18.0. The lowest BCUT2D eigenvalue weighted by Gasteiger charge is -2.19. The summed E-state index contributed by atoms with van der Waals surface area (Å²) in [5.74, 6) is -0.656. The Hall–Kier alpha value is -2.26. The Morgan fingerprint density at radius 3 is 2.64 bits per heavy atom. The second-order valence-corrected chi connectivity index (χ2v) is 9.01. The van der Waals surface area contributed by atoms with Crippen LogP contribution in [-0.4, -0.2) is 43.0 Å². The Bertz CT molecular complexity index is 893. The minimum atomic E-state index is -3.38. The van der Waals surface area contributed by atoms with Crippen LogP contribution in [-0.2, 0) is 9.84 Å². The number of sulfone groups is 1. The van der Waals surface area contributed by atoms with Crippen LogP contribution in [0.4, 0.5) is 5.69 Å². The molecule has 0 bridgehead atoms. The minimum absolute atomic E-state index is 0.0144. The van der Waals surface area contributed by atoms with Crippen molar-refractivity contribution in [1.82, 2.24) is 4.90 Å². The van der Waals surface area contributed by atoms with Crippen LogP contribution in [0.25, 0.3) is 0 Å². The molecule has 0 spiro atoms. The molecule has 1 aromatic carbocycles. The van der Waals surface area contributed by atoms with E-state index in [1.807, 2.05) is 5.38 Å². The second-order valence-electron chi connectivity index (χ2n) is 5.73. The van der Waals surface area contributed by atoms with Gasteiger partial charge in [-0.25, -0.2) is 8.42 Å². The van der Waals surface area contributed by atoms with Crippen LogP contribution in [0.3, 0.4) is 0 Å². The summed E-state index contributed by atoms with van der Waals surface area (Å²) in [5.41, 5.74) is -0.283. The average Bonchev–Trinajstić information content (AvgIpc) is 3.05. The molecule has 0 saturated carbocycles. The van der Waals surface area contributed by atoms with Crippen LogP contribution in [0.5, 0.6) is 0 Å². The Morgan fingerprint density at radius 2 is 1.96 bits per heavy atom. The van der Waals surface area contributed by atoms with Crippen molar-refractivity contribution in [3.05, 3.63) is 62.3 Å². The van der Waals surface area contributed by atoms with Gasteiger partial charge in [0.25, 0.3) is 11.6 Å². The molecule has 0 radical (unpaired) electrons. The molecule has 1 aliphatic rings. The molecular formula is C16H16N2O5S2. The quantitative estimate of drug-likeness (QED) is 0.602. The molecule has 0 aliphatic carbocycles. The van der Waals surface area contributed by atoms with Gasteiger partial charge >= 0.3 is 0 Å². The third-order valence-electron chi connectivity index (χ3n) is 4.22. The van der Waals surface area contributed by atoms with Crippen molar-refractivity contribution in [3.8, 4) is 0 Å². The zero-order valence-corrected chi connectivity index (χ0v) is 14.8. The largest absolute Gasteiger partial charge is 0.337 e. The van der Waals surface area contributed by atoms with Gasteiger partial charge in [-0.3, -0.25) is 14.9 Å². The third kappa shape index (κ3) is 3.57. The molecule has 1 atom stereocenters. The molecule has 1 amide bonds. The normalized spacial score (nSPS) is 20.0. The summed E-state index contributed by atoms with van der Waals surface area (Å²) >= 11 is 1.38. The number of rotatable bonds is 3. The Balaban J connectivity index is 1.86. The first-order valence-corrected chi connectivity index (χ1v) is 10.3. The average molecular weight is 380 g/mol. The van der Waals surface area contributed by atoms with Crippen LogP contribution in [0, 0.1) is 10.1 Å². The third-order valence-corrected chi connectivity index (χ3v) is 7.46. The molecule has 1 unspecified atom stereocenters. The molecule has 2 heterocycles. The smallest absolute Gasteiger partial charge is 0.282 e. The van der Waals surface area contributed by atoms with Gasteiger partial charge in [0.05, 0.1) is 15.9 Å². The van der Waals surface area contributed by atoms with E-state index in [9.17, 15) is 23.3 Å². The highest BCUT2D eigenvalue weighted by atomic mass is 32.2. The van der Waals surface area contributed by atoms with Gasteiger partial charge in [-0.15, -0.1) is 11.3 Å². The highest BCUT2D eigenvalue weighted by molar-refractivity contribution is 7.91. The highest BCUT2D eigenvalue weighted by Crippen LogP contribution is 2.33. The maximum absolute atomic E-state index is 12.7. The summed E-state index contributed by atoms with van der Waals surface area (Å²) in [6.45, 7) is 0.280. The number of hydrogen-bond acceptors (Lipinski definition) is 6. The van der Waals surface area contributed by atoms with E-state index in [1.54, 1.807) is 18.2 Å². The van der Waals surface area contributed by atoms with Crippen molar-refractivity contribution < 1.29 is 18.1 Å². The van der Waals surface area contributed by atoms with Crippen molar-refractivity contribution >= 4 is 32.8 Å². The van der Waals surface area contributed by atoms with Crippen molar-refractivity contribution in [2.75, 3.05) is 18.8 Å². The number of thiophene rings is 1. The molecule has 0 N–H and O–H groups in total. The van der Waals surface area contributed by atoms with Crippen molar-refractivity contribution in [2.45, 2.75) is 11.7 Å². The summed E-state index contributed by atoms with van der Waals surface area (Å²) in [6.07, 6.45) is 0.287. The van der Waals surface area contributed by atoms with Gasteiger partial charge in [0, 0.05) is 24.0 Å². The van der Waals surface area contributed by atoms with Gasteiger partial charge < -0.3 is 4.90 Å². The van der Waals surface area contributed by atoms with Crippen molar-refractivity contribution in [3.63, 3.8) is 0 Å². The molecule has 7 nitrogen and oxygen atoms in total. The minimum Gasteiger partial charge on any atom is -0.337 e. The fraction of sp³-hybridized carbons (Fsp3) is 0.312. The van der Waals surface area contributed by atoms with Gasteiger partial charge in [-0.1, -0.05) is 18.2 Å². The molecule has 1 fully saturated rings. The molecule has 25 heavy (non-hydrogen) atoms. The molecule has 2 aromatic rings. The summed E-state index contributed by atoms with van der Waals surface area (Å²) in [7, 11) is -3.38. The van der Waals surface area contributed by atoms with Gasteiger partial charge in [0.2, 0.25) is 0 Å². The number of carbonyl (C=O) groups is 1. The zero-order valence-electron chi connectivity index (χ0n) is 13.2. The van der Waals surface area contributed by atoms with Gasteiger partial charge in [-0.2, -0.15) is 0 Å². The Morgan fingerprint density at radius 1 is 1.20 bits per heavy atom. The summed E-state index contributed by atoms with van der Waals surface area (Å²) in [5, 5.41) is 12.3. The molecule has 1 aromatic heterocycles. The number of nitro benzene ring substituents is 1. The molecule has 132 valence electrons. The van der Waals surface area contributed by atoms with Gasteiger partial charge in [0.1, 0.15) is 5.56 Å². The van der Waals surface area contributed by atoms with E-state index in [1.165, 1.54) is 34.4 Å². The van der Waals surface area contributed by atoms with Crippen LogP contribution in [0.2, 0.25) is 0 Å². The fourth-order valence-corrected chi connectivity index (χ4v) is 5.93. The standard InChI is InChI=1S/C16H16N2O5S2/c19-16(12-4-1-2-5-13(12)18(20)21)17-8-7-15(14-6-3-10-24-14)25(22,23)11-9-17/h1-6,10,15H,7-9,11H2. The number of benzene rings is 1. The van der Waals surface area contributed by atoms with E-state index in [0.29, 0.717) is 0 Å². The lowest BCUT2D eigenvalue weighted by molar-refractivity contribution is -0.385. The van der Waals surface area contributed by atoms with Crippen LogP contribution < -0.4 is 0 Å². The maximum Gasteiger partial charge on any atom is 0.282 e. The number of para-hydroxylation sites is 1. The molecule has 3 rings (SSSR count). The molecule has 1 aliphatic heterocycles. The van der Waals surface area contributed by atoms with E-state index in [4.69, 9.17) is 0 Å². The van der Waals surface area contributed by atoms with E-state index >= 15 is 0 Å². The second kappa shape index (κ2) is 6.93. The number of nitrogens with zero attached hydrogens (tertiary/aromatic N) is 2. The lowest BCUT2D eigenvalue weighted by atomic mass is 10.1. The number of hydrogen-bond donors (Lipinski definition) is 0. The van der Waals surface area contributed by atoms with Crippen LogP contribution in [0.1, 0.15) is 26.9 Å². The first kappa shape index (κ1) is 17.6. The predicted molar refractivity (Wildman–Crippen MR) is 94.5 cm³/mol. The Kier molecular flexibility index (Phi) is 4.87. The highest BCUT2D eigenvalue weighted by Gasteiger charge is 2.34. The topological polar surface area (TPSA) is 97.6 Å². The van der Waals surface area contributed by atoms with E-state index in [2.05, 4.69) is 0 Å². The first-order valence-electron chi connectivity index (χ1n) is 7.68. The fourth-order valence-electron chi connectivity index (χ4n) is 2.92. The van der Waals surface area contributed by atoms with Gasteiger partial charge in [-0.05, 0) is 23.9 Å². The van der Waals surface area contributed by atoms with Crippen molar-refractivity contribution in [1.29, 1.82) is 0 Å². The first-order chi connectivity index (χ1) is 11.9. The van der Waals surface area contributed by atoms with Crippen LogP contribution in [0.15, 0.2) is 41.8 Å². The summed E-state index contributed by atoms with van der Waals surface area (Å²) < 4.78 is 25.1. The monoisotopic (exact) mass is 380 g/mol. The Labute approximate surface area is 149 Å². The number of carbonyl (C=O) groups excluding carboxylic acids is 1. The lowest BCUT2D eigenvalue weighted by Crippen LogP contribution is -2.34. The molecule has 9 heteroatoms. The van der Waals surface area contributed by atoms with E-state index in [-0.39, 0.29) is 36.5 Å². The van der Waals surface area contributed by atoms with Gasteiger partial charge in [0.15, 0.2) is 9.84 Å². The SMILES string of the molecule is O=C(c1ccccc1[N+](=O)[O-])N1CCC(c2cccs2)S(=O)(=O)CC1. The number of nitro groups is 1. The maximum atomic E-state index is 12.7. The van der Waals surface area contributed by atoms with Crippen molar-refractivity contribution in [2.24, 2.45) is 0 Å². The predicted octanol–water partition coefficient (Wildman–Crippen LogP) is 2.66. The number of amides is 1. The summed E-state index contributed by atoms with van der Waals surface area (Å²) in [4.78, 5) is 25.4. The van der Waals surface area contributed by atoms with E-state index < -0.39 is 25.9 Å². The van der Waals surface area contributed by atoms with E-state index in [0.717, 1.165) is 4.88 Å². The molecular weight excluding hydrogens is 364 g/mol. The van der Waals surface area contributed by atoms with Crippen LogP contribution >= 0.6 is 11.3 Å². The summed E-state index contributed by atoms with van der Waals surface area (Å²) in [6, 6.07) is 9.31. The molecule has 1 saturated heterocycles.